The zero-order valence-electron chi connectivity index (χ0n) is 1.86. The van der Waals surface area contributed by atoms with Crippen molar-refractivity contribution in [3.63, 3.8) is 0 Å². The minimum absolute atomic E-state index is 0. The average Bonchev–Trinajstić information content (AvgIpc) is 0.918. The molecular formula is CHO2Zr. The van der Waals surface area contributed by atoms with Gasteiger partial charge in [0.1, 0.15) is 0 Å². The standard InChI is InChI=1S/CHO2.Zr/c2-1-3;/h(H,2,3);/q-1;+1. The molecule has 0 aromatic carbocycles. The predicted molar refractivity (Wildman–Crippen MR) is 8.32 cm³/mol. The third-order valence-corrected chi connectivity index (χ3v) is 0. The summed E-state index contributed by atoms with van der Waals surface area (Å²) in [7, 11) is 0. The molecule has 0 amide bonds. The Bertz CT molecular complexity index is 13.5. The van der Waals surface area contributed by atoms with Crippen LogP contribution in [0.4, 0.5) is 0 Å². The second-order valence-electron chi connectivity index (χ2n) is 0.0913. The fourth-order valence-electron chi connectivity index (χ4n) is 0. The van der Waals surface area contributed by atoms with Crippen molar-refractivity contribution in [3.05, 3.63) is 0 Å². The van der Waals surface area contributed by atoms with E-state index in [1.807, 2.05) is 0 Å². The molecule has 0 aliphatic heterocycles. The Morgan fingerprint density at radius 2 is 1.75 bits per heavy atom. The van der Waals surface area contributed by atoms with Crippen LogP contribution in [0.5, 0.6) is 0 Å². The molecule has 0 heterocycles. The van der Waals surface area contributed by atoms with Gasteiger partial charge in [0.2, 0.25) is 0 Å². The van der Waals surface area contributed by atoms with Crippen molar-refractivity contribution in [2.75, 3.05) is 0 Å². The van der Waals surface area contributed by atoms with E-state index in [0.29, 0.717) is 6.47 Å². The van der Waals surface area contributed by atoms with Crippen molar-refractivity contribution < 1.29 is 36.1 Å². The van der Waals surface area contributed by atoms with Crippen molar-refractivity contribution in [2.24, 2.45) is 0 Å². The van der Waals surface area contributed by atoms with Gasteiger partial charge in [0.25, 0.3) is 0 Å². The van der Waals surface area contributed by atoms with E-state index in [4.69, 9.17) is 9.90 Å². The molecule has 0 aliphatic carbocycles. The zero-order chi connectivity index (χ0) is 2.71. The van der Waals surface area contributed by atoms with Gasteiger partial charge in [-0.1, -0.05) is 6.47 Å². The number of hydrogen-bond donors (Lipinski definition) is 1. The Morgan fingerprint density at radius 1 is 1.75 bits per heavy atom. The molecule has 0 saturated carbocycles. The van der Waals surface area contributed by atoms with Crippen molar-refractivity contribution >= 4 is 6.47 Å². The summed E-state index contributed by atoms with van der Waals surface area (Å²) >= 11 is 0. The Labute approximate surface area is 42.9 Å². The molecular weight excluding hydrogens is 135 g/mol. The van der Waals surface area contributed by atoms with Gasteiger partial charge in [-0.25, -0.2) is 0 Å². The van der Waals surface area contributed by atoms with Crippen molar-refractivity contribution in [2.45, 2.75) is 0 Å². The van der Waals surface area contributed by atoms with E-state index in [1.54, 1.807) is 0 Å². The molecule has 0 unspecified atom stereocenters. The van der Waals surface area contributed by atoms with Gasteiger partial charge >= 0.3 is 26.2 Å². The average molecular weight is 136 g/mol. The molecule has 2 nitrogen and oxygen atoms in total. The largest absolute Gasteiger partial charge is 1.00 e. The van der Waals surface area contributed by atoms with Gasteiger partial charge in [-0.3, -0.25) is 0 Å². The fourth-order valence-corrected chi connectivity index (χ4v) is 0. The Hall–Kier alpha value is 0.353. The van der Waals surface area contributed by atoms with Gasteiger partial charge in [0.05, 0.1) is 0 Å². The van der Waals surface area contributed by atoms with Crippen LogP contribution >= 0.6 is 0 Å². The molecule has 0 atom stereocenters. The number of aliphatic hydroxyl groups excluding tert-OH is 1. The first-order valence-electron chi connectivity index (χ1n) is 0.428. The van der Waals surface area contributed by atoms with Gasteiger partial charge < -0.3 is 9.90 Å². The van der Waals surface area contributed by atoms with Gasteiger partial charge in [-0.15, -0.1) is 0 Å². The number of rotatable bonds is 0. The third-order valence-electron chi connectivity index (χ3n) is 0. The Kier molecular flexibility index (Phi) is 22.4. The molecule has 4 heavy (non-hydrogen) atoms. The van der Waals surface area contributed by atoms with E-state index in [9.17, 15) is 0 Å². The van der Waals surface area contributed by atoms with E-state index >= 15 is 0 Å². The maximum absolute atomic E-state index is 8.24. The van der Waals surface area contributed by atoms with Crippen molar-refractivity contribution in [1.29, 1.82) is 0 Å². The molecule has 0 aromatic rings. The first kappa shape index (κ1) is 8.84. The van der Waals surface area contributed by atoms with E-state index in [1.165, 1.54) is 0 Å². The zero-order valence-corrected chi connectivity index (χ0v) is 4.31. The van der Waals surface area contributed by atoms with Crippen LogP contribution in [0.1, 0.15) is 0 Å². The maximum atomic E-state index is 8.24. The predicted octanol–water partition coefficient (Wildman–Crippen LogP) is -0.391. The molecule has 0 spiro atoms. The molecule has 0 aliphatic rings. The molecule has 0 aromatic heterocycles. The van der Waals surface area contributed by atoms with Crippen LogP contribution in [-0.4, -0.2) is 11.6 Å². The summed E-state index contributed by atoms with van der Waals surface area (Å²) in [6.45, 7) is 0.500. The van der Waals surface area contributed by atoms with Crippen LogP contribution in [0.15, 0.2) is 0 Å². The molecule has 1 N–H and O–H groups in total. The minimum Gasteiger partial charge on any atom is -0.665 e. The normalized spacial score (nSPS) is 3.00. The van der Waals surface area contributed by atoms with Crippen LogP contribution in [0, 0.1) is 0 Å². The molecule has 0 bridgehead atoms. The van der Waals surface area contributed by atoms with Crippen LogP contribution in [0.25, 0.3) is 0 Å². The van der Waals surface area contributed by atoms with Crippen molar-refractivity contribution in [1.82, 2.24) is 0 Å². The van der Waals surface area contributed by atoms with Crippen LogP contribution in [0.2, 0.25) is 0 Å². The topological polar surface area (TPSA) is 37.3 Å². The van der Waals surface area contributed by atoms with E-state index in [0.717, 1.165) is 0 Å². The van der Waals surface area contributed by atoms with Crippen LogP contribution < -0.4 is 0 Å². The fraction of sp³-hybridized carbons (Fsp3) is 0. The van der Waals surface area contributed by atoms with Gasteiger partial charge in [-0.05, 0) is 0 Å². The van der Waals surface area contributed by atoms with Crippen molar-refractivity contribution in [3.8, 4) is 0 Å². The molecule has 21 valence electrons. The molecule has 0 saturated heterocycles. The van der Waals surface area contributed by atoms with Crippen LogP contribution in [0.3, 0.4) is 0 Å². The van der Waals surface area contributed by atoms with E-state index < -0.39 is 0 Å². The molecule has 0 fully saturated rings. The summed E-state index contributed by atoms with van der Waals surface area (Å²) in [4.78, 5) is 8.24. The van der Waals surface area contributed by atoms with Gasteiger partial charge in [0, 0.05) is 0 Å². The first-order chi connectivity index (χ1) is 1.41. The Morgan fingerprint density at radius 3 is 1.75 bits per heavy atom. The summed E-state index contributed by atoms with van der Waals surface area (Å²) in [6.07, 6.45) is 0. The number of hydrogen-bond acceptors (Lipinski definition) is 1. The summed E-state index contributed by atoms with van der Waals surface area (Å²) in [6, 6.07) is 0. The second kappa shape index (κ2) is 10.1. The smallest absolute Gasteiger partial charge is 0.665 e. The summed E-state index contributed by atoms with van der Waals surface area (Å²) < 4.78 is 0. The molecule has 3 heteroatoms. The minimum atomic E-state index is 0. The quantitative estimate of drug-likeness (QED) is 0.460. The Balaban J connectivity index is 0. The second-order valence-corrected chi connectivity index (χ2v) is 0.0913. The SMILES string of the molecule is O=[C-]O.[Zr+]. The van der Waals surface area contributed by atoms with Crippen LogP contribution in [-0.2, 0) is 31.0 Å². The maximum Gasteiger partial charge on any atom is 1.00 e. The van der Waals surface area contributed by atoms with E-state index in [2.05, 4.69) is 0 Å². The monoisotopic (exact) mass is 135 g/mol. The summed E-state index contributed by atoms with van der Waals surface area (Å²) in [5.74, 6) is 0. The molecule has 1 radical (unpaired) electrons. The summed E-state index contributed by atoms with van der Waals surface area (Å²) in [5.41, 5.74) is 0. The van der Waals surface area contributed by atoms with Gasteiger partial charge in [-0.2, -0.15) is 0 Å². The first-order valence-corrected chi connectivity index (χ1v) is 0.428. The third kappa shape index (κ3) is 34.6. The van der Waals surface area contributed by atoms with E-state index in [-0.39, 0.29) is 26.2 Å². The molecule has 0 rings (SSSR count). The van der Waals surface area contributed by atoms with Gasteiger partial charge in [0.15, 0.2) is 0 Å². The summed E-state index contributed by atoms with van der Waals surface area (Å²) in [5, 5.41) is 6.76.